The molecular formula is C22H28FN3O3S. The maximum Gasteiger partial charge on any atom is 0.315 e. The Morgan fingerprint density at radius 2 is 1.67 bits per heavy atom. The zero-order valence-electron chi connectivity index (χ0n) is 17.1. The second kappa shape index (κ2) is 10.0. The summed E-state index contributed by atoms with van der Waals surface area (Å²) < 4.78 is 39.8. The highest BCUT2D eigenvalue weighted by Crippen LogP contribution is 2.25. The maximum atomic E-state index is 13.0. The fraction of sp³-hybridized carbons (Fsp3) is 0.409. The second-order valence-corrected chi connectivity index (χ2v) is 9.62. The van der Waals surface area contributed by atoms with Crippen molar-refractivity contribution in [3.63, 3.8) is 0 Å². The molecule has 1 aliphatic heterocycles. The first-order chi connectivity index (χ1) is 14.3. The van der Waals surface area contributed by atoms with E-state index in [0.29, 0.717) is 32.1 Å². The summed E-state index contributed by atoms with van der Waals surface area (Å²) in [5.74, 6) is -0.0925. The van der Waals surface area contributed by atoms with Crippen molar-refractivity contribution in [3.05, 3.63) is 65.5 Å². The summed E-state index contributed by atoms with van der Waals surface area (Å²) in [7, 11) is -3.59. The lowest BCUT2D eigenvalue weighted by Gasteiger charge is -2.31. The van der Waals surface area contributed by atoms with Crippen LogP contribution in [0.4, 0.5) is 9.18 Å². The molecule has 2 N–H and O–H groups in total. The zero-order chi connectivity index (χ0) is 21.6. The molecule has 0 bridgehead atoms. The Hall–Kier alpha value is -2.45. The Kier molecular flexibility index (Phi) is 7.44. The smallest absolute Gasteiger partial charge is 0.315 e. The largest absolute Gasteiger partial charge is 0.338 e. The summed E-state index contributed by atoms with van der Waals surface area (Å²) in [6.45, 7) is 3.92. The van der Waals surface area contributed by atoms with Gasteiger partial charge in [0.05, 0.1) is 4.90 Å². The monoisotopic (exact) mass is 433 g/mol. The van der Waals surface area contributed by atoms with E-state index in [1.54, 1.807) is 0 Å². The molecule has 2 aromatic carbocycles. The van der Waals surface area contributed by atoms with Crippen molar-refractivity contribution in [1.82, 2.24) is 14.9 Å². The predicted molar refractivity (Wildman–Crippen MR) is 114 cm³/mol. The lowest BCUT2D eigenvalue weighted by Crippen LogP contribution is -2.40. The van der Waals surface area contributed by atoms with Crippen LogP contribution in [0.3, 0.4) is 0 Å². The number of halogens is 1. The van der Waals surface area contributed by atoms with E-state index in [-0.39, 0.29) is 10.9 Å². The predicted octanol–water partition coefficient (Wildman–Crippen LogP) is 3.42. The number of carbonyl (C=O) groups is 1. The van der Waals surface area contributed by atoms with Gasteiger partial charge in [0.1, 0.15) is 5.82 Å². The van der Waals surface area contributed by atoms with Gasteiger partial charge in [-0.3, -0.25) is 0 Å². The molecule has 3 rings (SSSR count). The number of nitrogens with one attached hydrogen (secondary N) is 2. The number of carbonyl (C=O) groups excluding carboxylic acids is 1. The van der Waals surface area contributed by atoms with Crippen LogP contribution in [-0.2, 0) is 16.6 Å². The summed E-state index contributed by atoms with van der Waals surface area (Å²) in [5.41, 5.74) is 2.23. The van der Waals surface area contributed by atoms with Gasteiger partial charge in [-0.15, -0.1) is 0 Å². The van der Waals surface area contributed by atoms with Crippen LogP contribution in [-0.4, -0.2) is 38.4 Å². The van der Waals surface area contributed by atoms with Gasteiger partial charge in [0.15, 0.2) is 0 Å². The van der Waals surface area contributed by atoms with Crippen molar-refractivity contribution in [3.8, 4) is 0 Å². The minimum atomic E-state index is -3.59. The molecule has 0 saturated carbocycles. The fourth-order valence-electron chi connectivity index (χ4n) is 3.53. The number of hydrogen-bond acceptors (Lipinski definition) is 3. The van der Waals surface area contributed by atoms with Crippen LogP contribution in [0.25, 0.3) is 0 Å². The SMILES string of the molecule is Cc1ccc(CNC(=O)NCCC2CCN(S(=O)(=O)c3ccc(F)cc3)CC2)cc1. The summed E-state index contributed by atoms with van der Waals surface area (Å²) in [6, 6.07) is 12.7. The Morgan fingerprint density at radius 3 is 2.30 bits per heavy atom. The van der Waals surface area contributed by atoms with E-state index >= 15 is 0 Å². The van der Waals surface area contributed by atoms with E-state index in [2.05, 4.69) is 10.6 Å². The van der Waals surface area contributed by atoms with E-state index in [1.165, 1.54) is 22.0 Å². The molecule has 2 amide bonds. The third-order valence-electron chi connectivity index (χ3n) is 5.44. The fourth-order valence-corrected chi connectivity index (χ4v) is 5.00. The van der Waals surface area contributed by atoms with Gasteiger partial charge in [0.25, 0.3) is 0 Å². The molecule has 0 atom stereocenters. The van der Waals surface area contributed by atoms with E-state index < -0.39 is 15.8 Å². The molecule has 2 aromatic rings. The zero-order valence-corrected chi connectivity index (χ0v) is 17.9. The van der Waals surface area contributed by atoms with Crippen molar-refractivity contribution < 1.29 is 17.6 Å². The molecule has 1 aliphatic rings. The van der Waals surface area contributed by atoms with Crippen LogP contribution in [0, 0.1) is 18.7 Å². The van der Waals surface area contributed by atoms with E-state index in [0.717, 1.165) is 37.0 Å². The van der Waals surface area contributed by atoms with Crippen LogP contribution in [0.2, 0.25) is 0 Å². The van der Waals surface area contributed by atoms with Gasteiger partial charge < -0.3 is 10.6 Å². The van der Waals surface area contributed by atoms with Gasteiger partial charge in [-0.1, -0.05) is 29.8 Å². The van der Waals surface area contributed by atoms with Crippen molar-refractivity contribution in [2.45, 2.75) is 37.6 Å². The number of piperidine rings is 1. The molecule has 0 radical (unpaired) electrons. The molecule has 6 nitrogen and oxygen atoms in total. The number of urea groups is 1. The Balaban J connectivity index is 1.37. The van der Waals surface area contributed by atoms with Gasteiger partial charge in [-0.05, 0) is 61.9 Å². The molecule has 30 heavy (non-hydrogen) atoms. The summed E-state index contributed by atoms with van der Waals surface area (Å²) in [4.78, 5) is 12.1. The first-order valence-corrected chi connectivity index (χ1v) is 11.6. The first-order valence-electron chi connectivity index (χ1n) is 10.2. The minimum Gasteiger partial charge on any atom is -0.338 e. The highest BCUT2D eigenvalue weighted by molar-refractivity contribution is 7.89. The number of hydrogen-bond donors (Lipinski definition) is 2. The van der Waals surface area contributed by atoms with Crippen molar-refractivity contribution in [2.75, 3.05) is 19.6 Å². The van der Waals surface area contributed by atoms with Gasteiger partial charge in [0, 0.05) is 26.2 Å². The van der Waals surface area contributed by atoms with Gasteiger partial charge in [-0.2, -0.15) is 4.31 Å². The normalized spacial score (nSPS) is 15.7. The number of sulfonamides is 1. The summed E-state index contributed by atoms with van der Waals surface area (Å²) >= 11 is 0. The van der Waals surface area contributed by atoms with Crippen LogP contribution in [0.1, 0.15) is 30.4 Å². The molecule has 1 saturated heterocycles. The van der Waals surface area contributed by atoms with E-state index in [4.69, 9.17) is 0 Å². The first kappa shape index (κ1) is 22.2. The van der Waals surface area contributed by atoms with Crippen LogP contribution < -0.4 is 10.6 Å². The van der Waals surface area contributed by atoms with Crippen molar-refractivity contribution >= 4 is 16.1 Å². The highest BCUT2D eigenvalue weighted by atomic mass is 32.2. The Morgan fingerprint density at radius 1 is 1.03 bits per heavy atom. The molecule has 0 spiro atoms. The number of aryl methyl sites for hydroxylation is 1. The number of benzene rings is 2. The number of rotatable bonds is 7. The standard InChI is InChI=1S/C22H28FN3O3S/c1-17-2-4-19(5-3-17)16-25-22(27)24-13-10-18-11-14-26(15-12-18)30(28,29)21-8-6-20(23)7-9-21/h2-9,18H,10-16H2,1H3,(H2,24,25,27). The van der Waals surface area contributed by atoms with Gasteiger partial charge in [0.2, 0.25) is 10.0 Å². The number of amides is 2. The molecule has 1 fully saturated rings. The molecule has 0 aromatic heterocycles. The molecule has 8 heteroatoms. The number of nitrogens with zero attached hydrogens (tertiary/aromatic N) is 1. The van der Waals surface area contributed by atoms with Gasteiger partial charge >= 0.3 is 6.03 Å². The van der Waals surface area contributed by atoms with E-state index in [1.807, 2.05) is 31.2 Å². The van der Waals surface area contributed by atoms with Gasteiger partial charge in [-0.25, -0.2) is 17.6 Å². The lowest BCUT2D eigenvalue weighted by atomic mass is 9.95. The molecule has 0 unspecified atom stereocenters. The third kappa shape index (κ3) is 6.03. The van der Waals surface area contributed by atoms with Crippen LogP contribution >= 0.6 is 0 Å². The average molecular weight is 434 g/mol. The van der Waals surface area contributed by atoms with E-state index in [9.17, 15) is 17.6 Å². The molecular weight excluding hydrogens is 405 g/mol. The molecule has 162 valence electrons. The maximum absolute atomic E-state index is 13.0. The van der Waals surface area contributed by atoms with Crippen molar-refractivity contribution in [2.24, 2.45) is 5.92 Å². The van der Waals surface area contributed by atoms with Crippen LogP contribution in [0.5, 0.6) is 0 Å². The molecule has 1 heterocycles. The average Bonchev–Trinajstić information content (AvgIpc) is 2.74. The summed E-state index contributed by atoms with van der Waals surface area (Å²) in [5, 5.41) is 5.71. The summed E-state index contributed by atoms with van der Waals surface area (Å²) in [6.07, 6.45) is 2.29. The second-order valence-electron chi connectivity index (χ2n) is 7.69. The third-order valence-corrected chi connectivity index (χ3v) is 7.35. The van der Waals surface area contributed by atoms with Crippen LogP contribution in [0.15, 0.2) is 53.4 Å². The molecule has 0 aliphatic carbocycles. The minimum absolute atomic E-state index is 0.120. The van der Waals surface area contributed by atoms with Crippen molar-refractivity contribution in [1.29, 1.82) is 0 Å². The topological polar surface area (TPSA) is 78.5 Å². The quantitative estimate of drug-likeness (QED) is 0.702. The Labute approximate surface area is 177 Å². The lowest BCUT2D eigenvalue weighted by molar-refractivity contribution is 0.235. The highest BCUT2D eigenvalue weighted by Gasteiger charge is 2.29. The Bertz CT molecular complexity index is 939.